The molecule has 0 saturated carbocycles. The molecule has 3 aromatic rings. The number of hydrogen-bond acceptors (Lipinski definition) is 3. The average Bonchev–Trinajstić information content (AvgIpc) is 3.19. The summed E-state index contributed by atoms with van der Waals surface area (Å²) in [6, 6.07) is 14.4. The van der Waals surface area contributed by atoms with Crippen molar-refractivity contribution in [2.24, 2.45) is 5.73 Å². The van der Waals surface area contributed by atoms with Gasteiger partial charge in [-0.15, -0.1) is 0 Å². The fourth-order valence-corrected chi connectivity index (χ4v) is 3.46. The molecule has 3 N–H and O–H groups in total. The molecular formula is C23H27N3O2. The lowest BCUT2D eigenvalue weighted by atomic mass is 9.99. The number of amides is 1. The number of nitrogens with one attached hydrogen (secondary N) is 1. The first-order valence-corrected chi connectivity index (χ1v) is 9.93. The van der Waals surface area contributed by atoms with Crippen LogP contribution in [0, 0.1) is 0 Å². The molecule has 1 heterocycles. The lowest BCUT2D eigenvalue weighted by Gasteiger charge is -2.10. The smallest absolute Gasteiger partial charge is 0.228 e. The predicted molar refractivity (Wildman–Crippen MR) is 112 cm³/mol. The molecule has 0 radical (unpaired) electrons. The number of carbonyl (C=O) groups excluding carboxylic acids is 2. The van der Waals surface area contributed by atoms with Crippen molar-refractivity contribution in [3.05, 3.63) is 54.5 Å². The van der Waals surface area contributed by atoms with Crippen LogP contribution in [0.15, 0.2) is 48.7 Å². The van der Waals surface area contributed by atoms with E-state index in [1.54, 1.807) is 6.20 Å². The minimum absolute atomic E-state index is 0.289. The number of unbranched alkanes of at least 4 members (excludes halogenated alkanes) is 2. The van der Waals surface area contributed by atoms with Gasteiger partial charge in [-0.2, -0.15) is 0 Å². The molecule has 0 aliphatic rings. The topological polar surface area (TPSA) is 88.8 Å². The summed E-state index contributed by atoms with van der Waals surface area (Å²) >= 11 is 0. The van der Waals surface area contributed by atoms with Crippen molar-refractivity contribution >= 4 is 22.5 Å². The molecule has 0 bridgehead atoms. The Bertz CT molecular complexity index is 961. The third-order valence-electron chi connectivity index (χ3n) is 5.17. The van der Waals surface area contributed by atoms with Crippen LogP contribution >= 0.6 is 0 Å². The summed E-state index contributed by atoms with van der Waals surface area (Å²) in [7, 11) is 0. The SMILES string of the molecule is CCC(=O)CCCCCC(C(N)=O)c1ncc(-c2ccc3ccccc3c2)[nH]1. The number of rotatable bonds is 10. The van der Waals surface area contributed by atoms with E-state index >= 15 is 0 Å². The molecule has 146 valence electrons. The van der Waals surface area contributed by atoms with Crippen molar-refractivity contribution in [1.82, 2.24) is 9.97 Å². The largest absolute Gasteiger partial charge is 0.369 e. The lowest BCUT2D eigenvalue weighted by Crippen LogP contribution is -2.22. The summed E-state index contributed by atoms with van der Waals surface area (Å²) in [4.78, 5) is 31.0. The number of nitrogens with zero attached hydrogens (tertiary/aromatic N) is 1. The van der Waals surface area contributed by atoms with Crippen molar-refractivity contribution in [2.45, 2.75) is 51.4 Å². The van der Waals surface area contributed by atoms with E-state index in [0.717, 1.165) is 35.9 Å². The van der Waals surface area contributed by atoms with E-state index in [1.165, 1.54) is 5.39 Å². The number of aromatic nitrogens is 2. The number of H-pyrrole nitrogens is 1. The number of carbonyl (C=O) groups is 2. The third-order valence-corrected chi connectivity index (χ3v) is 5.17. The molecule has 0 fully saturated rings. The van der Waals surface area contributed by atoms with Gasteiger partial charge in [0.2, 0.25) is 5.91 Å². The van der Waals surface area contributed by atoms with E-state index in [0.29, 0.717) is 25.1 Å². The molecule has 5 nitrogen and oxygen atoms in total. The lowest BCUT2D eigenvalue weighted by molar-refractivity contribution is -0.120. The quantitative estimate of drug-likeness (QED) is 0.501. The average molecular weight is 377 g/mol. The Morgan fingerprint density at radius 3 is 2.61 bits per heavy atom. The first-order chi connectivity index (χ1) is 13.6. The molecule has 1 atom stereocenters. The van der Waals surface area contributed by atoms with E-state index in [2.05, 4.69) is 34.2 Å². The molecule has 1 amide bonds. The van der Waals surface area contributed by atoms with E-state index in [-0.39, 0.29) is 11.7 Å². The van der Waals surface area contributed by atoms with Gasteiger partial charge >= 0.3 is 0 Å². The Kier molecular flexibility index (Phi) is 6.58. The van der Waals surface area contributed by atoms with Gasteiger partial charge in [0.05, 0.1) is 17.8 Å². The van der Waals surface area contributed by atoms with Crippen molar-refractivity contribution in [2.75, 3.05) is 0 Å². The normalized spacial score (nSPS) is 12.2. The van der Waals surface area contributed by atoms with Crippen molar-refractivity contribution < 1.29 is 9.59 Å². The van der Waals surface area contributed by atoms with Gasteiger partial charge in [-0.25, -0.2) is 4.98 Å². The highest BCUT2D eigenvalue weighted by atomic mass is 16.1. The van der Waals surface area contributed by atoms with Gasteiger partial charge in [0, 0.05) is 18.4 Å². The van der Waals surface area contributed by atoms with Gasteiger partial charge in [-0.1, -0.05) is 56.2 Å². The summed E-state index contributed by atoms with van der Waals surface area (Å²) in [5.41, 5.74) is 7.52. The van der Waals surface area contributed by atoms with Gasteiger partial charge in [0.1, 0.15) is 11.6 Å². The standard InChI is InChI=1S/C23H27N3O2/c1-2-19(27)10-4-3-5-11-20(22(24)28)23-25-15-21(26-23)18-13-12-16-8-6-7-9-17(16)14-18/h6-9,12-15,20H,2-5,10-11H2,1H3,(H2,24,28)(H,25,26). The zero-order valence-electron chi connectivity index (χ0n) is 16.3. The number of ketones is 1. The van der Waals surface area contributed by atoms with Crippen molar-refractivity contribution in [1.29, 1.82) is 0 Å². The molecule has 0 aliphatic heterocycles. The Hall–Kier alpha value is -2.95. The van der Waals surface area contributed by atoms with Crippen LogP contribution in [0.3, 0.4) is 0 Å². The highest BCUT2D eigenvalue weighted by Gasteiger charge is 2.21. The van der Waals surface area contributed by atoms with Crippen molar-refractivity contribution in [3.8, 4) is 11.3 Å². The minimum Gasteiger partial charge on any atom is -0.369 e. The number of nitrogens with two attached hydrogens (primary N) is 1. The van der Waals surface area contributed by atoms with E-state index in [4.69, 9.17) is 5.73 Å². The maximum absolute atomic E-state index is 11.9. The molecule has 5 heteroatoms. The second-order valence-electron chi connectivity index (χ2n) is 7.19. The Balaban J connectivity index is 1.66. The molecule has 3 rings (SSSR count). The second-order valence-corrected chi connectivity index (χ2v) is 7.19. The number of imidazole rings is 1. The monoisotopic (exact) mass is 377 g/mol. The van der Waals surface area contributed by atoms with Gasteiger partial charge in [0.25, 0.3) is 0 Å². The van der Waals surface area contributed by atoms with Crippen LogP contribution in [0.4, 0.5) is 0 Å². The van der Waals surface area contributed by atoms with Gasteiger partial charge in [0.15, 0.2) is 0 Å². The highest BCUT2D eigenvalue weighted by molar-refractivity contribution is 5.87. The maximum atomic E-state index is 11.9. The predicted octanol–water partition coefficient (Wildman–Crippen LogP) is 4.73. The first-order valence-electron chi connectivity index (χ1n) is 9.93. The summed E-state index contributed by atoms with van der Waals surface area (Å²) in [6.45, 7) is 1.88. The van der Waals surface area contributed by atoms with E-state index in [9.17, 15) is 9.59 Å². The van der Waals surface area contributed by atoms with Crippen molar-refractivity contribution in [3.63, 3.8) is 0 Å². The number of fused-ring (bicyclic) bond motifs is 1. The Morgan fingerprint density at radius 2 is 1.86 bits per heavy atom. The van der Waals surface area contributed by atoms with Gasteiger partial charge in [-0.05, 0) is 29.7 Å². The summed E-state index contributed by atoms with van der Waals surface area (Å²) in [5, 5.41) is 2.34. The van der Waals surface area contributed by atoms with Crippen LogP contribution < -0.4 is 5.73 Å². The first kappa shape index (κ1) is 19.8. The van der Waals surface area contributed by atoms with Crippen LogP contribution in [0.25, 0.3) is 22.0 Å². The van der Waals surface area contributed by atoms with Crippen LogP contribution in [0.2, 0.25) is 0 Å². The molecule has 0 saturated heterocycles. The number of hydrogen-bond donors (Lipinski definition) is 2. The molecule has 1 aromatic heterocycles. The molecular weight excluding hydrogens is 350 g/mol. The zero-order chi connectivity index (χ0) is 19.9. The van der Waals surface area contributed by atoms with Crippen LogP contribution in [-0.4, -0.2) is 21.7 Å². The number of aromatic amines is 1. The van der Waals surface area contributed by atoms with Crippen LogP contribution in [0.5, 0.6) is 0 Å². The van der Waals surface area contributed by atoms with Gasteiger partial charge < -0.3 is 10.7 Å². The molecule has 0 spiro atoms. The van der Waals surface area contributed by atoms with E-state index in [1.807, 2.05) is 25.1 Å². The van der Waals surface area contributed by atoms with E-state index < -0.39 is 5.92 Å². The Labute approximate surface area is 165 Å². The second kappa shape index (κ2) is 9.31. The molecule has 1 unspecified atom stereocenters. The maximum Gasteiger partial charge on any atom is 0.228 e. The number of benzene rings is 2. The molecule has 28 heavy (non-hydrogen) atoms. The molecule has 2 aromatic carbocycles. The summed E-state index contributed by atoms with van der Waals surface area (Å²) < 4.78 is 0. The number of primary amides is 1. The fourth-order valence-electron chi connectivity index (χ4n) is 3.46. The number of Topliss-reactive ketones (excluding diaryl/α,β-unsaturated/α-hetero) is 1. The zero-order valence-corrected chi connectivity index (χ0v) is 16.3. The fraction of sp³-hybridized carbons (Fsp3) is 0.348. The minimum atomic E-state index is -0.434. The van der Waals surface area contributed by atoms with Gasteiger partial charge in [-0.3, -0.25) is 9.59 Å². The molecule has 0 aliphatic carbocycles. The van der Waals surface area contributed by atoms with Crippen LogP contribution in [0.1, 0.15) is 57.2 Å². The highest BCUT2D eigenvalue weighted by Crippen LogP contribution is 2.26. The summed E-state index contributed by atoms with van der Waals surface area (Å²) in [6.07, 6.45) is 6.22. The third kappa shape index (κ3) is 4.85. The van der Waals surface area contributed by atoms with Crippen LogP contribution in [-0.2, 0) is 9.59 Å². The summed E-state index contributed by atoms with van der Waals surface area (Å²) in [5.74, 6) is 0.0953. The Morgan fingerprint density at radius 1 is 1.07 bits per heavy atom.